The van der Waals surface area contributed by atoms with E-state index in [4.69, 9.17) is 5.73 Å². The normalized spacial score (nSPS) is 15.6. The van der Waals surface area contributed by atoms with Crippen LogP contribution < -0.4 is 11.1 Å². The lowest BCUT2D eigenvalue weighted by Gasteiger charge is -2.32. The Bertz CT molecular complexity index is 718. The average Bonchev–Trinajstić information content (AvgIpc) is 2.55. The van der Waals surface area contributed by atoms with E-state index in [-0.39, 0.29) is 11.9 Å². The molecule has 0 spiro atoms. The number of likely N-dealkylation sites (tertiary alicyclic amines) is 1. The van der Waals surface area contributed by atoms with Gasteiger partial charge in [-0.15, -0.1) is 0 Å². The summed E-state index contributed by atoms with van der Waals surface area (Å²) >= 11 is 0. The fraction of sp³-hybridized carbons (Fsp3) is 0.353. The van der Waals surface area contributed by atoms with Crippen LogP contribution in [0.3, 0.4) is 0 Å². The first-order chi connectivity index (χ1) is 11.1. The molecule has 1 aliphatic heterocycles. The molecule has 0 saturated carbocycles. The molecule has 1 saturated heterocycles. The van der Waals surface area contributed by atoms with Crippen LogP contribution >= 0.6 is 0 Å². The molecule has 3 rings (SSSR count). The van der Waals surface area contributed by atoms with Crippen molar-refractivity contribution in [2.45, 2.75) is 25.3 Å². The van der Waals surface area contributed by atoms with Crippen LogP contribution in [0.15, 0.2) is 36.5 Å². The zero-order chi connectivity index (χ0) is 16.2. The molecule has 3 N–H and O–H groups in total. The number of nitrogens with one attached hydrogen (secondary N) is 1. The number of carbonyl (C=O) groups is 2. The van der Waals surface area contributed by atoms with E-state index >= 15 is 0 Å². The number of nitrogens with two attached hydrogens (primary N) is 1. The number of aromatic nitrogens is 1. The maximum absolute atomic E-state index is 12.5. The van der Waals surface area contributed by atoms with Gasteiger partial charge in [-0.3, -0.25) is 9.78 Å². The Balaban J connectivity index is 1.64. The highest BCUT2D eigenvalue weighted by Crippen LogP contribution is 2.18. The Morgan fingerprint density at radius 3 is 2.70 bits per heavy atom. The summed E-state index contributed by atoms with van der Waals surface area (Å²) in [7, 11) is 0. The number of pyridine rings is 1. The van der Waals surface area contributed by atoms with Gasteiger partial charge in [-0.1, -0.05) is 24.3 Å². The quantitative estimate of drug-likeness (QED) is 0.898. The lowest BCUT2D eigenvalue weighted by molar-refractivity contribution is -0.131. The monoisotopic (exact) mass is 312 g/mol. The van der Waals surface area contributed by atoms with Gasteiger partial charge in [0.25, 0.3) is 0 Å². The van der Waals surface area contributed by atoms with Crippen molar-refractivity contribution in [3.63, 3.8) is 0 Å². The van der Waals surface area contributed by atoms with Gasteiger partial charge in [0.05, 0.1) is 11.9 Å². The van der Waals surface area contributed by atoms with Crippen molar-refractivity contribution in [3.05, 3.63) is 42.1 Å². The molecule has 0 bridgehead atoms. The molecule has 1 aromatic carbocycles. The number of fused-ring (bicyclic) bond motifs is 1. The number of para-hydroxylation sites is 1. The second kappa shape index (κ2) is 6.64. The van der Waals surface area contributed by atoms with Gasteiger partial charge in [0, 0.05) is 30.7 Å². The van der Waals surface area contributed by atoms with Crippen molar-refractivity contribution in [2.75, 3.05) is 13.1 Å². The van der Waals surface area contributed by atoms with Crippen LogP contribution in [-0.2, 0) is 11.2 Å². The van der Waals surface area contributed by atoms with E-state index in [2.05, 4.69) is 10.3 Å². The van der Waals surface area contributed by atoms with Gasteiger partial charge in [0.2, 0.25) is 5.91 Å². The van der Waals surface area contributed by atoms with Gasteiger partial charge in [0.15, 0.2) is 0 Å². The molecule has 23 heavy (non-hydrogen) atoms. The number of benzene rings is 1. The minimum absolute atomic E-state index is 0.0655. The van der Waals surface area contributed by atoms with E-state index in [9.17, 15) is 9.59 Å². The number of urea groups is 1. The Morgan fingerprint density at radius 1 is 1.22 bits per heavy atom. The van der Waals surface area contributed by atoms with Crippen LogP contribution in [0.4, 0.5) is 4.79 Å². The van der Waals surface area contributed by atoms with E-state index in [1.165, 1.54) is 0 Å². The smallest absolute Gasteiger partial charge is 0.312 e. The first kappa shape index (κ1) is 15.3. The molecule has 0 aliphatic carbocycles. The summed E-state index contributed by atoms with van der Waals surface area (Å²) in [4.78, 5) is 29.6. The molecule has 3 amide bonds. The first-order valence-electron chi connectivity index (χ1n) is 7.80. The lowest BCUT2D eigenvalue weighted by Crippen LogP contribution is -2.48. The summed E-state index contributed by atoms with van der Waals surface area (Å²) in [6.45, 7) is 1.28. The van der Waals surface area contributed by atoms with Gasteiger partial charge < -0.3 is 16.0 Å². The summed E-state index contributed by atoms with van der Waals surface area (Å²) < 4.78 is 0. The number of hydrogen-bond donors (Lipinski definition) is 2. The fourth-order valence-electron chi connectivity index (χ4n) is 3.06. The fourth-order valence-corrected chi connectivity index (χ4v) is 3.06. The maximum atomic E-state index is 12.5. The predicted molar refractivity (Wildman–Crippen MR) is 87.8 cm³/mol. The highest BCUT2D eigenvalue weighted by Gasteiger charge is 2.23. The van der Waals surface area contributed by atoms with E-state index in [0.717, 1.165) is 29.3 Å². The molecule has 6 nitrogen and oxygen atoms in total. The predicted octanol–water partition coefficient (Wildman–Crippen LogP) is 1.44. The summed E-state index contributed by atoms with van der Waals surface area (Å²) in [5.74, 6) is 0.0979. The van der Waals surface area contributed by atoms with Gasteiger partial charge in [-0.05, 0) is 24.5 Å². The van der Waals surface area contributed by atoms with Gasteiger partial charge in [-0.25, -0.2) is 4.79 Å². The molecule has 0 radical (unpaired) electrons. The SMILES string of the molecule is NC(=O)NC1CCN(C(=O)Cc2cccc3cccnc23)CC1. The Labute approximate surface area is 134 Å². The molecule has 120 valence electrons. The van der Waals surface area contributed by atoms with Crippen LogP contribution in [-0.4, -0.2) is 41.0 Å². The third-order valence-corrected chi connectivity index (χ3v) is 4.25. The molecule has 0 unspecified atom stereocenters. The van der Waals surface area contributed by atoms with Crippen molar-refractivity contribution in [1.82, 2.24) is 15.2 Å². The molecule has 1 aliphatic rings. The molecule has 6 heteroatoms. The number of carbonyl (C=O) groups excluding carboxylic acids is 2. The maximum Gasteiger partial charge on any atom is 0.312 e. The van der Waals surface area contributed by atoms with Crippen LogP contribution in [0.25, 0.3) is 10.9 Å². The second-order valence-electron chi connectivity index (χ2n) is 5.83. The number of piperidine rings is 1. The highest BCUT2D eigenvalue weighted by molar-refractivity contribution is 5.87. The third kappa shape index (κ3) is 3.59. The van der Waals surface area contributed by atoms with Crippen molar-refractivity contribution in [2.24, 2.45) is 5.73 Å². The van der Waals surface area contributed by atoms with E-state index in [0.29, 0.717) is 19.5 Å². The highest BCUT2D eigenvalue weighted by atomic mass is 16.2. The van der Waals surface area contributed by atoms with Crippen LogP contribution in [0.2, 0.25) is 0 Å². The van der Waals surface area contributed by atoms with Crippen LogP contribution in [0.1, 0.15) is 18.4 Å². The standard InChI is InChI=1S/C17H20N4O2/c18-17(23)20-14-6-9-21(10-7-14)15(22)11-13-4-1-3-12-5-2-8-19-16(12)13/h1-5,8,14H,6-7,9-11H2,(H3,18,20,23). The molecule has 2 aromatic rings. The topological polar surface area (TPSA) is 88.3 Å². The van der Waals surface area contributed by atoms with Crippen molar-refractivity contribution in [1.29, 1.82) is 0 Å². The zero-order valence-electron chi connectivity index (χ0n) is 12.9. The van der Waals surface area contributed by atoms with E-state index < -0.39 is 6.03 Å². The van der Waals surface area contributed by atoms with Crippen molar-refractivity contribution >= 4 is 22.8 Å². The summed E-state index contributed by atoms with van der Waals surface area (Å²) in [5.41, 5.74) is 6.97. The van der Waals surface area contributed by atoms with Gasteiger partial charge in [-0.2, -0.15) is 0 Å². The third-order valence-electron chi connectivity index (χ3n) is 4.25. The first-order valence-corrected chi connectivity index (χ1v) is 7.80. The summed E-state index contributed by atoms with van der Waals surface area (Å²) in [6.07, 6.45) is 3.57. The molecular weight excluding hydrogens is 292 g/mol. The summed E-state index contributed by atoms with van der Waals surface area (Å²) in [5, 5.41) is 3.75. The van der Waals surface area contributed by atoms with Crippen molar-refractivity contribution in [3.8, 4) is 0 Å². The number of hydrogen-bond acceptors (Lipinski definition) is 3. The molecule has 0 atom stereocenters. The molecule has 1 aromatic heterocycles. The molecule has 1 fully saturated rings. The van der Waals surface area contributed by atoms with Crippen LogP contribution in [0, 0.1) is 0 Å². The average molecular weight is 312 g/mol. The Morgan fingerprint density at radius 2 is 1.96 bits per heavy atom. The minimum Gasteiger partial charge on any atom is -0.352 e. The van der Waals surface area contributed by atoms with Crippen molar-refractivity contribution < 1.29 is 9.59 Å². The number of primary amides is 1. The molecular formula is C17H20N4O2. The number of rotatable bonds is 3. The summed E-state index contributed by atoms with van der Waals surface area (Å²) in [6, 6.07) is 9.36. The minimum atomic E-state index is -0.503. The molecule has 2 heterocycles. The zero-order valence-corrected chi connectivity index (χ0v) is 12.9. The lowest BCUT2D eigenvalue weighted by atomic mass is 10.0. The van der Waals surface area contributed by atoms with Gasteiger partial charge >= 0.3 is 6.03 Å². The van der Waals surface area contributed by atoms with E-state index in [1.54, 1.807) is 6.20 Å². The Hall–Kier alpha value is -2.63. The van der Waals surface area contributed by atoms with Gasteiger partial charge in [0.1, 0.15) is 0 Å². The van der Waals surface area contributed by atoms with Crippen LogP contribution in [0.5, 0.6) is 0 Å². The number of amides is 3. The Kier molecular flexibility index (Phi) is 4.41. The number of nitrogens with zero attached hydrogens (tertiary/aromatic N) is 2. The largest absolute Gasteiger partial charge is 0.352 e. The van der Waals surface area contributed by atoms with E-state index in [1.807, 2.05) is 35.2 Å². The second-order valence-corrected chi connectivity index (χ2v) is 5.83.